The first kappa shape index (κ1) is 13.1. The third-order valence-corrected chi connectivity index (χ3v) is 3.81. The van der Waals surface area contributed by atoms with Crippen molar-refractivity contribution in [3.05, 3.63) is 16.1 Å². The maximum Gasteiger partial charge on any atom is 0.197 e. The molecule has 0 bridgehead atoms. The third kappa shape index (κ3) is 3.11. The number of ether oxygens (including phenoxy) is 1. The van der Waals surface area contributed by atoms with Crippen molar-refractivity contribution in [1.29, 1.82) is 0 Å². The second-order valence-corrected chi connectivity index (χ2v) is 6.20. The van der Waals surface area contributed by atoms with Crippen LogP contribution < -0.4 is 15.8 Å². The summed E-state index contributed by atoms with van der Waals surface area (Å²) in [5.74, 6) is 1.08. The molecule has 7 heteroatoms. The zero-order valence-electron chi connectivity index (χ0n) is 10.6. The molecule has 3 N–H and O–H groups in total. The van der Waals surface area contributed by atoms with E-state index in [1.165, 1.54) is 16.4 Å². The van der Waals surface area contributed by atoms with E-state index in [-0.39, 0.29) is 6.10 Å². The van der Waals surface area contributed by atoms with Crippen LogP contribution in [0, 0.1) is 6.92 Å². The molecule has 98 valence electrons. The number of rotatable bonds is 5. The fourth-order valence-corrected chi connectivity index (χ4v) is 2.77. The lowest BCUT2D eigenvalue weighted by molar-refractivity contribution is 0.245. The van der Waals surface area contributed by atoms with Crippen LogP contribution in [-0.4, -0.2) is 15.5 Å². The first-order valence-corrected chi connectivity index (χ1v) is 7.22. The predicted octanol–water partition coefficient (Wildman–Crippen LogP) is 2.89. The van der Waals surface area contributed by atoms with Crippen LogP contribution in [0.1, 0.15) is 23.7 Å². The second-order valence-electron chi connectivity index (χ2n) is 4.11. The van der Waals surface area contributed by atoms with Crippen molar-refractivity contribution >= 4 is 33.7 Å². The molecular weight excluding hydrogens is 268 g/mol. The van der Waals surface area contributed by atoms with Gasteiger partial charge < -0.3 is 15.8 Å². The molecule has 2 rings (SSSR count). The summed E-state index contributed by atoms with van der Waals surface area (Å²) in [5.41, 5.74) is 5.78. The summed E-state index contributed by atoms with van der Waals surface area (Å²) >= 11 is 2.98. The largest absolute Gasteiger partial charge is 0.484 e. The number of hydrogen-bond acceptors (Lipinski definition) is 7. The van der Waals surface area contributed by atoms with Gasteiger partial charge in [-0.05, 0) is 32.3 Å². The van der Waals surface area contributed by atoms with Gasteiger partial charge in [-0.3, -0.25) is 0 Å². The Morgan fingerprint density at radius 1 is 1.50 bits per heavy atom. The highest BCUT2D eigenvalue weighted by Crippen LogP contribution is 2.36. The van der Waals surface area contributed by atoms with E-state index in [0.29, 0.717) is 18.1 Å². The van der Waals surface area contributed by atoms with Gasteiger partial charge in [0.1, 0.15) is 5.01 Å². The Bertz CT molecular complexity index is 521. The van der Waals surface area contributed by atoms with E-state index >= 15 is 0 Å². The molecule has 0 fully saturated rings. The number of nitrogens with zero attached hydrogens (tertiary/aromatic N) is 2. The minimum Gasteiger partial charge on any atom is -0.484 e. The zero-order valence-corrected chi connectivity index (χ0v) is 12.2. The molecule has 0 aliphatic heterocycles. The minimum absolute atomic E-state index is 0.0753. The van der Waals surface area contributed by atoms with Crippen LogP contribution in [0.3, 0.4) is 0 Å². The Hall–Kier alpha value is -1.34. The van der Waals surface area contributed by atoms with E-state index in [1.54, 1.807) is 11.3 Å². The molecule has 18 heavy (non-hydrogen) atoms. The van der Waals surface area contributed by atoms with Crippen molar-refractivity contribution in [2.24, 2.45) is 0 Å². The van der Waals surface area contributed by atoms with Gasteiger partial charge in [0.25, 0.3) is 0 Å². The number of hydrogen-bond donors (Lipinski definition) is 2. The summed E-state index contributed by atoms with van der Waals surface area (Å²) in [6.45, 7) is 6.63. The number of nitrogens with one attached hydrogen (secondary N) is 1. The second kappa shape index (κ2) is 5.53. The molecule has 0 amide bonds. The van der Waals surface area contributed by atoms with Crippen molar-refractivity contribution in [2.45, 2.75) is 33.4 Å². The lowest BCUT2D eigenvalue weighted by Gasteiger charge is -2.10. The highest BCUT2D eigenvalue weighted by Gasteiger charge is 2.14. The lowest BCUT2D eigenvalue weighted by Crippen LogP contribution is -2.08. The minimum atomic E-state index is 0.0753. The summed E-state index contributed by atoms with van der Waals surface area (Å²) in [5, 5.41) is 5.16. The van der Waals surface area contributed by atoms with E-state index in [9.17, 15) is 0 Å². The highest BCUT2D eigenvalue weighted by molar-refractivity contribution is 7.12. The van der Waals surface area contributed by atoms with Crippen LogP contribution >= 0.6 is 22.9 Å². The molecule has 0 saturated heterocycles. The van der Waals surface area contributed by atoms with Gasteiger partial charge in [0.15, 0.2) is 16.6 Å². The number of aryl methyl sites for hydroxylation is 1. The number of nitrogens with two attached hydrogens (primary N) is 1. The Balaban J connectivity index is 2.05. The Labute approximate surface area is 114 Å². The first-order chi connectivity index (χ1) is 8.56. The Morgan fingerprint density at radius 2 is 2.28 bits per heavy atom. The molecule has 0 aliphatic rings. The fourth-order valence-electron chi connectivity index (χ4n) is 1.40. The van der Waals surface area contributed by atoms with Gasteiger partial charge in [-0.2, -0.15) is 4.37 Å². The van der Waals surface area contributed by atoms with Crippen molar-refractivity contribution in [1.82, 2.24) is 9.36 Å². The van der Waals surface area contributed by atoms with Gasteiger partial charge in [-0.1, -0.05) is 0 Å². The van der Waals surface area contributed by atoms with Gasteiger partial charge in [0.2, 0.25) is 0 Å². The van der Waals surface area contributed by atoms with E-state index in [4.69, 9.17) is 10.5 Å². The normalized spacial score (nSPS) is 10.9. The van der Waals surface area contributed by atoms with Crippen LogP contribution in [-0.2, 0) is 6.54 Å². The summed E-state index contributed by atoms with van der Waals surface area (Å²) in [4.78, 5) is 5.50. The van der Waals surface area contributed by atoms with Gasteiger partial charge in [0, 0.05) is 11.1 Å². The van der Waals surface area contributed by atoms with Crippen molar-refractivity contribution in [3.8, 4) is 5.75 Å². The smallest absolute Gasteiger partial charge is 0.197 e. The summed E-state index contributed by atoms with van der Waals surface area (Å²) in [6.07, 6.45) is 1.94. The zero-order chi connectivity index (χ0) is 13.1. The van der Waals surface area contributed by atoms with Crippen molar-refractivity contribution in [2.75, 3.05) is 11.1 Å². The maximum absolute atomic E-state index is 5.78. The van der Waals surface area contributed by atoms with Gasteiger partial charge in [0.05, 0.1) is 12.6 Å². The van der Waals surface area contributed by atoms with E-state index < -0.39 is 0 Å². The van der Waals surface area contributed by atoms with Gasteiger partial charge >= 0.3 is 0 Å². The van der Waals surface area contributed by atoms with Crippen LogP contribution in [0.25, 0.3) is 0 Å². The van der Waals surface area contributed by atoms with Crippen LogP contribution in [0.2, 0.25) is 0 Å². The summed E-state index contributed by atoms with van der Waals surface area (Å²) in [6, 6.07) is 0. The molecular formula is C11H16N4OS2. The Morgan fingerprint density at radius 3 is 2.89 bits per heavy atom. The van der Waals surface area contributed by atoms with Gasteiger partial charge in [-0.15, -0.1) is 11.3 Å². The quantitative estimate of drug-likeness (QED) is 0.883. The van der Waals surface area contributed by atoms with Crippen molar-refractivity contribution < 1.29 is 4.74 Å². The molecule has 0 atom stereocenters. The van der Waals surface area contributed by atoms with Gasteiger partial charge in [-0.25, -0.2) is 4.98 Å². The molecule has 0 aliphatic carbocycles. The number of nitrogen functional groups attached to an aromatic ring is 1. The molecule has 2 heterocycles. The first-order valence-electron chi connectivity index (χ1n) is 5.63. The highest BCUT2D eigenvalue weighted by atomic mass is 32.1. The molecule has 0 unspecified atom stereocenters. The van der Waals surface area contributed by atoms with Crippen molar-refractivity contribution in [3.63, 3.8) is 0 Å². The molecule has 0 aromatic carbocycles. The molecule has 0 radical (unpaired) electrons. The average Bonchev–Trinajstić information content (AvgIpc) is 2.85. The third-order valence-electron chi connectivity index (χ3n) is 2.10. The van der Waals surface area contributed by atoms with Crippen LogP contribution in [0.5, 0.6) is 5.75 Å². The number of thiazole rings is 1. The molecule has 2 aromatic rings. The lowest BCUT2D eigenvalue weighted by atomic mass is 10.4. The SMILES string of the molecule is Cc1cnc(CNc2snc(N)c2OC(C)C)s1. The monoisotopic (exact) mass is 284 g/mol. The molecule has 0 saturated carbocycles. The van der Waals surface area contributed by atoms with Crippen LogP contribution in [0.15, 0.2) is 6.20 Å². The topological polar surface area (TPSA) is 73.1 Å². The number of aromatic nitrogens is 2. The average molecular weight is 284 g/mol. The Kier molecular flexibility index (Phi) is 4.03. The molecule has 0 spiro atoms. The summed E-state index contributed by atoms with van der Waals surface area (Å²) < 4.78 is 9.76. The van der Waals surface area contributed by atoms with E-state index in [0.717, 1.165) is 10.0 Å². The number of anilines is 2. The predicted molar refractivity (Wildman–Crippen MR) is 76.5 cm³/mol. The van der Waals surface area contributed by atoms with Crippen LogP contribution in [0.4, 0.5) is 10.8 Å². The van der Waals surface area contributed by atoms with E-state index in [2.05, 4.69) is 14.7 Å². The molecule has 2 aromatic heterocycles. The standard InChI is InChI=1S/C11H16N4OS2/c1-6(2)16-9-10(12)15-18-11(9)14-5-8-13-4-7(3)17-8/h4,6,14H,5H2,1-3H3,(H2,12,15). The fraction of sp³-hybridized carbons (Fsp3) is 0.455. The van der Waals surface area contributed by atoms with E-state index in [1.807, 2.05) is 27.0 Å². The summed E-state index contributed by atoms with van der Waals surface area (Å²) in [7, 11) is 0. The molecule has 5 nitrogen and oxygen atoms in total. The maximum atomic E-state index is 5.78.